The number of carbonyl (C=O) groups excluding carboxylic acids is 1. The number of alkyl halides is 2. The summed E-state index contributed by atoms with van der Waals surface area (Å²) >= 11 is 6.25. The largest absolute Gasteiger partial charge is 0.383 e. The fraction of sp³-hybridized carbons (Fsp3) is 0.136. The van der Waals surface area contributed by atoms with Gasteiger partial charge >= 0.3 is 0 Å². The molecule has 4 aromatic rings. The molecule has 0 saturated carbocycles. The zero-order valence-corrected chi connectivity index (χ0v) is 19.3. The lowest BCUT2D eigenvalue weighted by Crippen LogP contribution is -2.32. The second-order valence-corrected chi connectivity index (χ2v) is 7.91. The van der Waals surface area contributed by atoms with Crippen LogP contribution in [0.3, 0.4) is 0 Å². The van der Waals surface area contributed by atoms with Gasteiger partial charge in [0.25, 0.3) is 17.9 Å². The Kier molecular flexibility index (Phi) is 6.41. The molecule has 2 aromatic heterocycles. The third kappa shape index (κ3) is 4.24. The molecule has 0 unspecified atom stereocenters. The lowest BCUT2D eigenvalue weighted by Gasteiger charge is -2.26. The second kappa shape index (κ2) is 9.34. The highest BCUT2D eigenvalue weighted by Crippen LogP contribution is 2.32. The number of anilines is 4. The quantitative estimate of drug-likeness (QED) is 0.350. The molecule has 0 saturated heterocycles. The maximum Gasteiger partial charge on any atom is 0.268 e. The van der Waals surface area contributed by atoms with Gasteiger partial charge in [-0.05, 0) is 37.3 Å². The van der Waals surface area contributed by atoms with E-state index < -0.39 is 29.3 Å². The van der Waals surface area contributed by atoms with E-state index in [1.54, 1.807) is 13.0 Å². The average Bonchev–Trinajstić information content (AvgIpc) is 2.78. The van der Waals surface area contributed by atoms with E-state index in [9.17, 15) is 22.8 Å². The lowest BCUT2D eigenvalue weighted by atomic mass is 10.2. The van der Waals surface area contributed by atoms with Crippen LogP contribution in [-0.2, 0) is 0 Å². The van der Waals surface area contributed by atoms with E-state index in [1.165, 1.54) is 17.0 Å². The normalized spacial score (nSPS) is 11.3. The zero-order valence-electron chi connectivity index (χ0n) is 18.5. The summed E-state index contributed by atoms with van der Waals surface area (Å²) in [4.78, 5) is 39.4. The molecule has 0 fully saturated rings. The van der Waals surface area contributed by atoms with Gasteiger partial charge in [-0.3, -0.25) is 14.5 Å². The van der Waals surface area contributed by atoms with E-state index in [0.717, 1.165) is 16.7 Å². The van der Waals surface area contributed by atoms with Gasteiger partial charge in [0.1, 0.15) is 17.2 Å². The Morgan fingerprint density at radius 1 is 1.17 bits per heavy atom. The van der Waals surface area contributed by atoms with Crippen LogP contribution in [0.4, 0.5) is 36.7 Å². The molecule has 2 heterocycles. The number of fused-ring (bicyclic) bond motifs is 1. The summed E-state index contributed by atoms with van der Waals surface area (Å²) in [6.07, 6.45) is -3.03. The Morgan fingerprint density at radius 3 is 2.53 bits per heavy atom. The minimum atomic E-state index is -3.03. The molecule has 0 radical (unpaired) electrons. The van der Waals surface area contributed by atoms with Crippen molar-refractivity contribution in [2.45, 2.75) is 13.3 Å². The molecule has 186 valence electrons. The van der Waals surface area contributed by atoms with E-state index >= 15 is 0 Å². The Labute approximate surface area is 206 Å². The van der Waals surface area contributed by atoms with Crippen LogP contribution in [0.15, 0.2) is 41.2 Å². The molecule has 4 rings (SSSR count). The summed E-state index contributed by atoms with van der Waals surface area (Å²) in [6, 6.07) is 6.96. The molecular weight excluding hydrogens is 501 g/mol. The molecule has 0 aliphatic heterocycles. The number of carbonyl (C=O) groups is 1. The topological polar surface area (TPSA) is 159 Å². The van der Waals surface area contributed by atoms with Gasteiger partial charge in [-0.2, -0.15) is 9.97 Å². The van der Waals surface area contributed by atoms with E-state index in [1.807, 2.05) is 0 Å². The van der Waals surface area contributed by atoms with E-state index in [4.69, 9.17) is 28.8 Å². The van der Waals surface area contributed by atoms with Crippen molar-refractivity contribution in [3.05, 3.63) is 68.7 Å². The van der Waals surface area contributed by atoms with Crippen LogP contribution in [0, 0.1) is 5.82 Å². The summed E-state index contributed by atoms with van der Waals surface area (Å²) in [5.41, 5.74) is 15.2. The zero-order chi connectivity index (χ0) is 26.3. The fourth-order valence-corrected chi connectivity index (χ4v) is 3.99. The second-order valence-electron chi connectivity index (χ2n) is 7.50. The molecule has 0 aliphatic carbocycles. The van der Waals surface area contributed by atoms with Crippen LogP contribution in [0.25, 0.3) is 16.6 Å². The molecular formula is C22H18ClF3N8O2. The van der Waals surface area contributed by atoms with Gasteiger partial charge in [-0.25, -0.2) is 22.7 Å². The standard InChI is InChI=1S/C22H18ClF3N8O2/c1-2-33(19-15(18(28)35)17(27)31-21(29)32-19)22-30-13-5-3-4-12(23)14(13)20(36)34(22)11-7-9(16(25)26)6-10(24)8-11/h3-8,16H,2H2,1H3,(H2,28,35)(H4,27,29,31,32). The molecule has 2 aromatic carbocycles. The minimum Gasteiger partial charge on any atom is -0.383 e. The number of rotatable bonds is 6. The van der Waals surface area contributed by atoms with Crippen LogP contribution >= 0.6 is 11.6 Å². The van der Waals surface area contributed by atoms with E-state index in [2.05, 4.69) is 15.0 Å². The predicted octanol–water partition coefficient (Wildman–Crippen LogP) is 3.33. The van der Waals surface area contributed by atoms with Crippen molar-refractivity contribution >= 4 is 51.9 Å². The highest BCUT2D eigenvalue weighted by Gasteiger charge is 2.27. The highest BCUT2D eigenvalue weighted by atomic mass is 35.5. The fourth-order valence-electron chi connectivity index (χ4n) is 3.74. The van der Waals surface area contributed by atoms with Gasteiger partial charge in [0, 0.05) is 12.1 Å². The lowest BCUT2D eigenvalue weighted by molar-refractivity contribution is 0.100. The minimum absolute atomic E-state index is 0.00566. The van der Waals surface area contributed by atoms with Crippen molar-refractivity contribution in [1.82, 2.24) is 19.5 Å². The van der Waals surface area contributed by atoms with Crippen molar-refractivity contribution < 1.29 is 18.0 Å². The van der Waals surface area contributed by atoms with E-state index in [0.29, 0.717) is 6.07 Å². The molecule has 0 atom stereocenters. The molecule has 6 N–H and O–H groups in total. The Bertz CT molecular complexity index is 1580. The van der Waals surface area contributed by atoms with Crippen LogP contribution in [-0.4, -0.2) is 32.0 Å². The predicted molar refractivity (Wildman–Crippen MR) is 129 cm³/mol. The number of nitrogens with two attached hydrogens (primary N) is 3. The molecule has 1 amide bonds. The summed E-state index contributed by atoms with van der Waals surface area (Å²) in [7, 11) is 0. The van der Waals surface area contributed by atoms with Gasteiger partial charge < -0.3 is 17.2 Å². The molecule has 10 nitrogen and oxygen atoms in total. The molecule has 14 heteroatoms. The molecule has 36 heavy (non-hydrogen) atoms. The number of primary amides is 1. The molecule has 0 bridgehead atoms. The summed E-state index contributed by atoms with van der Waals surface area (Å²) in [5.74, 6) is -3.06. The monoisotopic (exact) mass is 518 g/mol. The van der Waals surface area contributed by atoms with Gasteiger partial charge in [0.05, 0.1) is 21.6 Å². The summed E-state index contributed by atoms with van der Waals surface area (Å²) in [6.45, 7) is 1.62. The van der Waals surface area contributed by atoms with Gasteiger partial charge in [0.2, 0.25) is 11.9 Å². The van der Waals surface area contributed by atoms with Crippen molar-refractivity contribution in [2.75, 3.05) is 22.9 Å². The smallest absolute Gasteiger partial charge is 0.268 e. The number of benzene rings is 2. The van der Waals surface area contributed by atoms with E-state index in [-0.39, 0.29) is 57.3 Å². The highest BCUT2D eigenvalue weighted by molar-refractivity contribution is 6.35. The first kappa shape index (κ1) is 24.7. The van der Waals surface area contributed by atoms with Crippen molar-refractivity contribution in [2.24, 2.45) is 5.73 Å². The number of nitrogens with zero attached hydrogens (tertiary/aromatic N) is 5. The number of hydrogen-bond acceptors (Lipinski definition) is 8. The van der Waals surface area contributed by atoms with Crippen molar-refractivity contribution in [1.29, 1.82) is 0 Å². The molecule has 0 aliphatic rings. The van der Waals surface area contributed by atoms with Gasteiger partial charge in [0.15, 0.2) is 5.82 Å². The number of amides is 1. The average molecular weight is 519 g/mol. The van der Waals surface area contributed by atoms with Crippen molar-refractivity contribution in [3.8, 4) is 5.69 Å². The first-order valence-electron chi connectivity index (χ1n) is 10.3. The van der Waals surface area contributed by atoms with Crippen LogP contribution in [0.2, 0.25) is 5.02 Å². The number of hydrogen-bond donors (Lipinski definition) is 3. The third-order valence-electron chi connectivity index (χ3n) is 5.24. The summed E-state index contributed by atoms with van der Waals surface area (Å²) < 4.78 is 42.2. The Hall–Kier alpha value is -4.39. The third-order valence-corrected chi connectivity index (χ3v) is 5.55. The van der Waals surface area contributed by atoms with Crippen LogP contribution in [0.1, 0.15) is 29.3 Å². The number of nitrogen functional groups attached to an aromatic ring is 2. The summed E-state index contributed by atoms with van der Waals surface area (Å²) in [5, 5.41) is -0.00847. The molecule has 0 spiro atoms. The maximum atomic E-state index is 14.4. The SMILES string of the molecule is CCN(c1nc(N)nc(N)c1C(N)=O)c1nc2cccc(Cl)c2c(=O)n1-c1cc(F)cc(C(F)F)c1. The Balaban J connectivity index is 2.16. The van der Waals surface area contributed by atoms with Crippen LogP contribution < -0.4 is 27.7 Å². The van der Waals surface area contributed by atoms with Crippen LogP contribution in [0.5, 0.6) is 0 Å². The first-order chi connectivity index (χ1) is 17.0. The maximum absolute atomic E-state index is 14.4. The van der Waals surface area contributed by atoms with Crippen molar-refractivity contribution in [3.63, 3.8) is 0 Å². The first-order valence-corrected chi connectivity index (χ1v) is 10.7. The van der Waals surface area contributed by atoms with Gasteiger partial charge in [-0.15, -0.1) is 0 Å². The van der Waals surface area contributed by atoms with Gasteiger partial charge in [-0.1, -0.05) is 17.7 Å². The Morgan fingerprint density at radius 2 is 1.89 bits per heavy atom. The number of halogens is 4. The number of aromatic nitrogens is 4.